The van der Waals surface area contributed by atoms with E-state index >= 15 is 0 Å². The van der Waals surface area contributed by atoms with Crippen molar-refractivity contribution in [2.24, 2.45) is 41.4 Å². The summed E-state index contributed by atoms with van der Waals surface area (Å²) in [4.78, 5) is 63.3. The Morgan fingerprint density at radius 1 is 1.00 bits per heavy atom. The first kappa shape index (κ1) is 22.1. The zero-order valence-corrected chi connectivity index (χ0v) is 19.1. The van der Waals surface area contributed by atoms with Gasteiger partial charge >= 0.3 is 5.97 Å². The molecule has 182 valence electrons. The first-order valence-electron chi connectivity index (χ1n) is 12.3. The van der Waals surface area contributed by atoms with E-state index in [4.69, 9.17) is 4.74 Å². The predicted octanol–water partition coefficient (Wildman–Crippen LogP) is 2.93. The molecule has 1 aliphatic heterocycles. The van der Waals surface area contributed by atoms with Crippen LogP contribution in [0.5, 0.6) is 0 Å². The summed E-state index contributed by atoms with van der Waals surface area (Å²) in [5, 5.41) is 10.9. The average Bonchev–Trinajstić information content (AvgIpc) is 3.65. The Labute approximate surface area is 201 Å². The van der Waals surface area contributed by atoms with Crippen LogP contribution in [-0.2, 0) is 19.1 Å². The molecule has 0 unspecified atom stereocenters. The smallest absolute Gasteiger partial charge is 0.309 e. The van der Waals surface area contributed by atoms with E-state index in [1.807, 2.05) is 0 Å². The Kier molecular flexibility index (Phi) is 5.12. The van der Waals surface area contributed by atoms with Crippen molar-refractivity contribution in [3.63, 3.8) is 0 Å². The molecule has 1 saturated heterocycles. The van der Waals surface area contributed by atoms with E-state index in [1.54, 1.807) is 0 Å². The second-order valence-electron chi connectivity index (χ2n) is 10.5. The second-order valence-corrected chi connectivity index (χ2v) is 10.5. The van der Waals surface area contributed by atoms with Crippen LogP contribution in [0.2, 0.25) is 0 Å². The predicted molar refractivity (Wildman–Crippen MR) is 121 cm³/mol. The number of imide groups is 1. The number of non-ortho nitro benzene ring substituents is 1. The van der Waals surface area contributed by atoms with Gasteiger partial charge in [-0.25, -0.2) is 0 Å². The lowest BCUT2D eigenvalue weighted by Gasteiger charge is -2.37. The molecule has 6 atom stereocenters. The molecular weight excluding hydrogens is 452 g/mol. The molecule has 9 heteroatoms. The van der Waals surface area contributed by atoms with Gasteiger partial charge in [0, 0.05) is 23.7 Å². The highest BCUT2D eigenvalue weighted by atomic mass is 16.6. The van der Waals surface area contributed by atoms with E-state index in [-0.39, 0.29) is 52.8 Å². The number of hydrogen-bond acceptors (Lipinski definition) is 7. The van der Waals surface area contributed by atoms with Crippen LogP contribution in [0, 0.1) is 51.5 Å². The number of ketones is 1. The zero-order valence-electron chi connectivity index (χ0n) is 19.1. The molecule has 3 saturated carbocycles. The van der Waals surface area contributed by atoms with Crippen LogP contribution in [0.3, 0.4) is 0 Å². The summed E-state index contributed by atoms with van der Waals surface area (Å²) in [5.74, 6) is -0.326. The average molecular weight is 479 g/mol. The number of Topliss-reactive ketones (excluding diaryl/α,β-unsaturated/α-hetero) is 1. The lowest BCUT2D eigenvalue weighted by molar-refractivity contribution is -0.384. The fraction of sp³-hybridized carbons (Fsp3) is 0.538. The molecule has 1 heterocycles. The van der Waals surface area contributed by atoms with Crippen molar-refractivity contribution in [2.45, 2.75) is 38.1 Å². The SMILES string of the molecule is O=C(COC(=O)C1CCC(N2C(=O)[C@@H]3[C@H]4C=C[C@@H]([C@@H]5C[C@H]45)[C@H]3C2=O)CC1)c1cccc([N+](=O)[O-])c1. The van der Waals surface area contributed by atoms with E-state index in [0.717, 1.165) is 12.5 Å². The van der Waals surface area contributed by atoms with Crippen molar-refractivity contribution in [1.82, 2.24) is 4.90 Å². The standard InChI is InChI=1S/C26H26N2O7/c29-21(14-2-1-3-16(10-14)28(33)34)12-35-26(32)13-4-6-15(7-5-13)27-24(30)22-17-8-9-18(20-11-19(17)20)23(22)25(27)31/h1-3,8-10,13,15,17-20,22-23H,4-7,11-12H2/t13?,15?,17-,18-,19-,20+,22+,23+/m0/s1. The third-order valence-corrected chi connectivity index (χ3v) is 8.82. The van der Waals surface area contributed by atoms with Crippen LogP contribution < -0.4 is 0 Å². The van der Waals surface area contributed by atoms with E-state index in [9.17, 15) is 29.3 Å². The van der Waals surface area contributed by atoms with Gasteiger partial charge in [-0.05, 0) is 55.8 Å². The minimum Gasteiger partial charge on any atom is -0.457 e. The molecule has 2 amide bonds. The van der Waals surface area contributed by atoms with E-state index in [2.05, 4.69) is 12.2 Å². The van der Waals surface area contributed by atoms with Gasteiger partial charge in [-0.15, -0.1) is 0 Å². The van der Waals surface area contributed by atoms with E-state index < -0.39 is 29.2 Å². The summed E-state index contributed by atoms with van der Waals surface area (Å²) in [6, 6.07) is 5.12. The minimum atomic E-state index is -0.587. The maximum Gasteiger partial charge on any atom is 0.309 e. The normalized spacial score (nSPS) is 36.5. The lowest BCUT2D eigenvalue weighted by Crippen LogP contribution is -2.44. The van der Waals surface area contributed by atoms with Gasteiger partial charge < -0.3 is 4.74 Å². The highest BCUT2D eigenvalue weighted by Gasteiger charge is 2.67. The summed E-state index contributed by atoms with van der Waals surface area (Å²) >= 11 is 0. The fourth-order valence-electron chi connectivity index (χ4n) is 7.04. The van der Waals surface area contributed by atoms with Crippen LogP contribution in [0.1, 0.15) is 42.5 Å². The first-order chi connectivity index (χ1) is 16.8. The number of nitro benzene ring substituents is 1. The fourth-order valence-corrected chi connectivity index (χ4v) is 7.04. The van der Waals surface area contributed by atoms with Gasteiger partial charge in [-0.2, -0.15) is 0 Å². The molecule has 6 aliphatic rings. The molecule has 2 bridgehead atoms. The van der Waals surface area contributed by atoms with E-state index in [1.165, 1.54) is 23.1 Å². The van der Waals surface area contributed by atoms with Crippen LogP contribution in [0.4, 0.5) is 5.69 Å². The number of rotatable bonds is 6. The summed E-state index contributed by atoms with van der Waals surface area (Å²) in [6.07, 6.45) is 7.52. The van der Waals surface area contributed by atoms with Crippen molar-refractivity contribution < 1.29 is 28.8 Å². The highest BCUT2D eigenvalue weighted by molar-refractivity contribution is 6.06. The zero-order chi connectivity index (χ0) is 24.4. The number of nitrogens with zero attached hydrogens (tertiary/aromatic N) is 2. The Morgan fingerprint density at radius 3 is 2.23 bits per heavy atom. The first-order valence-corrected chi connectivity index (χ1v) is 12.3. The van der Waals surface area contributed by atoms with Crippen LogP contribution in [-0.4, -0.2) is 46.0 Å². The number of carbonyl (C=O) groups excluding carboxylic acids is 4. The van der Waals surface area contributed by atoms with Gasteiger partial charge in [0.2, 0.25) is 17.6 Å². The van der Waals surface area contributed by atoms with Crippen molar-refractivity contribution >= 4 is 29.3 Å². The molecule has 0 aromatic heterocycles. The number of allylic oxidation sites excluding steroid dienone is 2. The number of esters is 1. The van der Waals surface area contributed by atoms with Gasteiger partial charge in [0.15, 0.2) is 6.61 Å². The number of benzene rings is 1. The van der Waals surface area contributed by atoms with Gasteiger partial charge in [0.25, 0.3) is 5.69 Å². The Balaban J connectivity index is 1.03. The molecule has 9 nitrogen and oxygen atoms in total. The van der Waals surface area contributed by atoms with Crippen LogP contribution >= 0.6 is 0 Å². The molecule has 1 aromatic carbocycles. The Bertz CT molecular complexity index is 1130. The van der Waals surface area contributed by atoms with Gasteiger partial charge in [0.05, 0.1) is 22.7 Å². The number of hydrogen-bond donors (Lipinski definition) is 0. The number of likely N-dealkylation sites (tertiary alicyclic amines) is 1. The number of amides is 2. The quantitative estimate of drug-likeness (QED) is 0.154. The molecule has 4 fully saturated rings. The summed E-state index contributed by atoms with van der Waals surface area (Å²) in [7, 11) is 0. The third-order valence-electron chi connectivity index (χ3n) is 8.82. The third kappa shape index (κ3) is 3.51. The minimum absolute atomic E-state index is 0.0294. The Hall–Kier alpha value is -3.36. The summed E-state index contributed by atoms with van der Waals surface area (Å²) in [5.41, 5.74) is -0.0866. The molecule has 0 spiro atoms. The second kappa shape index (κ2) is 8.10. The molecule has 7 rings (SSSR count). The largest absolute Gasteiger partial charge is 0.457 e. The van der Waals surface area contributed by atoms with E-state index in [0.29, 0.717) is 37.5 Å². The molecular formula is C26H26N2O7. The van der Waals surface area contributed by atoms with Crippen molar-refractivity contribution in [3.05, 3.63) is 52.1 Å². The molecule has 5 aliphatic carbocycles. The topological polar surface area (TPSA) is 124 Å². The maximum absolute atomic E-state index is 13.3. The Morgan fingerprint density at radius 2 is 1.63 bits per heavy atom. The summed E-state index contributed by atoms with van der Waals surface area (Å²) < 4.78 is 5.22. The van der Waals surface area contributed by atoms with Crippen LogP contribution in [0.25, 0.3) is 0 Å². The van der Waals surface area contributed by atoms with Gasteiger partial charge in [-0.3, -0.25) is 34.2 Å². The van der Waals surface area contributed by atoms with Gasteiger partial charge in [0.1, 0.15) is 0 Å². The number of carbonyl (C=O) groups is 4. The van der Waals surface area contributed by atoms with Crippen molar-refractivity contribution in [2.75, 3.05) is 6.61 Å². The van der Waals surface area contributed by atoms with Crippen LogP contribution in [0.15, 0.2) is 36.4 Å². The van der Waals surface area contributed by atoms with Crippen molar-refractivity contribution in [1.29, 1.82) is 0 Å². The monoisotopic (exact) mass is 478 g/mol. The molecule has 1 aromatic rings. The molecule has 0 N–H and O–H groups in total. The lowest BCUT2D eigenvalue weighted by atomic mass is 9.63. The molecule has 35 heavy (non-hydrogen) atoms. The van der Waals surface area contributed by atoms with Crippen molar-refractivity contribution in [3.8, 4) is 0 Å². The maximum atomic E-state index is 13.3. The highest BCUT2D eigenvalue weighted by Crippen LogP contribution is 2.65. The molecule has 0 radical (unpaired) electrons. The summed E-state index contributed by atoms with van der Waals surface area (Å²) in [6.45, 7) is -0.482. The number of nitro groups is 1. The van der Waals surface area contributed by atoms with Gasteiger partial charge in [-0.1, -0.05) is 24.3 Å². The number of ether oxygens (including phenoxy) is 1.